The summed E-state index contributed by atoms with van der Waals surface area (Å²) in [7, 11) is 0. The number of nitrogens with zero attached hydrogens (tertiary/aromatic N) is 1. The molecule has 0 bridgehead atoms. The Kier molecular flexibility index (Phi) is 5.30. The number of fused-ring (bicyclic) bond motifs is 3. The molecule has 3 aromatic rings. The molecule has 0 aliphatic heterocycles. The molecule has 0 aliphatic carbocycles. The third kappa shape index (κ3) is 3.84. The summed E-state index contributed by atoms with van der Waals surface area (Å²) in [5.74, 6) is 0.729. The minimum Gasteiger partial charge on any atom is -0.252 e. The molecule has 124 valence electrons. The van der Waals surface area contributed by atoms with E-state index in [0.29, 0.717) is 0 Å². The number of hydrogen-bond donors (Lipinski definition) is 0. The van der Waals surface area contributed by atoms with Gasteiger partial charge in [0.15, 0.2) is 0 Å². The zero-order chi connectivity index (χ0) is 16.9. The molecule has 0 amide bonds. The fourth-order valence-corrected chi connectivity index (χ4v) is 3.35. The zero-order valence-corrected chi connectivity index (χ0v) is 15.0. The summed E-state index contributed by atoms with van der Waals surface area (Å²) in [5.41, 5.74) is 3.78. The van der Waals surface area contributed by atoms with Crippen LogP contribution >= 0.6 is 0 Å². The van der Waals surface area contributed by atoms with Crippen molar-refractivity contribution >= 4 is 21.7 Å². The Labute approximate surface area is 145 Å². The van der Waals surface area contributed by atoms with Crippen LogP contribution in [0.4, 0.5) is 0 Å². The highest BCUT2D eigenvalue weighted by molar-refractivity contribution is 6.06. The van der Waals surface area contributed by atoms with Crippen LogP contribution in [0.3, 0.4) is 0 Å². The van der Waals surface area contributed by atoms with Crippen molar-refractivity contribution in [3.05, 3.63) is 65.9 Å². The fraction of sp³-hybridized carbons (Fsp3) is 0.348. The molecule has 1 aromatic heterocycles. The number of benzene rings is 2. The molecule has 0 saturated carbocycles. The number of pyridine rings is 1. The van der Waals surface area contributed by atoms with Gasteiger partial charge in [0.25, 0.3) is 0 Å². The molecule has 0 fully saturated rings. The number of para-hydroxylation sites is 1. The average Bonchev–Trinajstić information content (AvgIpc) is 2.59. The molecule has 1 heteroatoms. The van der Waals surface area contributed by atoms with Gasteiger partial charge in [0.1, 0.15) is 0 Å². The maximum Gasteiger partial charge on any atom is 0.0711 e. The van der Waals surface area contributed by atoms with E-state index in [9.17, 15) is 0 Å². The SMILES string of the molecule is CC(C)=CCCC(C)CCc1nc2ccccc2c2ccccc12. The highest BCUT2D eigenvalue weighted by Crippen LogP contribution is 2.27. The lowest BCUT2D eigenvalue weighted by atomic mass is 9.95. The molecule has 0 N–H and O–H groups in total. The van der Waals surface area contributed by atoms with Crippen molar-refractivity contribution in [2.45, 2.75) is 46.5 Å². The standard InChI is InChI=1S/C23H27N/c1-17(2)9-8-10-18(3)15-16-23-21-12-5-4-11-19(21)20-13-6-7-14-22(20)24-23/h4-7,9,11-14,18H,8,10,15-16H2,1-3H3. The van der Waals surface area contributed by atoms with E-state index in [4.69, 9.17) is 4.98 Å². The van der Waals surface area contributed by atoms with Crippen LogP contribution in [-0.2, 0) is 6.42 Å². The first kappa shape index (κ1) is 16.7. The van der Waals surface area contributed by atoms with Crippen molar-refractivity contribution in [2.24, 2.45) is 5.92 Å². The van der Waals surface area contributed by atoms with E-state index < -0.39 is 0 Å². The van der Waals surface area contributed by atoms with Crippen LogP contribution in [-0.4, -0.2) is 4.98 Å². The van der Waals surface area contributed by atoms with E-state index in [2.05, 4.69) is 75.4 Å². The van der Waals surface area contributed by atoms with Gasteiger partial charge in [-0.1, -0.05) is 61.0 Å². The third-order valence-electron chi connectivity index (χ3n) is 4.77. The Bertz CT molecular complexity index is 856. The van der Waals surface area contributed by atoms with Gasteiger partial charge in [-0.25, -0.2) is 0 Å². The van der Waals surface area contributed by atoms with Gasteiger partial charge in [-0.3, -0.25) is 4.98 Å². The Morgan fingerprint density at radius 1 is 0.917 bits per heavy atom. The second kappa shape index (κ2) is 7.61. The van der Waals surface area contributed by atoms with Crippen molar-refractivity contribution < 1.29 is 0 Å². The number of hydrogen-bond acceptors (Lipinski definition) is 1. The minimum absolute atomic E-state index is 0.729. The number of aromatic nitrogens is 1. The molecule has 1 heterocycles. The molecule has 1 unspecified atom stereocenters. The molecular formula is C23H27N. The highest BCUT2D eigenvalue weighted by atomic mass is 14.7. The Balaban J connectivity index is 1.82. The van der Waals surface area contributed by atoms with E-state index in [1.54, 1.807) is 0 Å². The lowest BCUT2D eigenvalue weighted by Gasteiger charge is -2.13. The molecule has 24 heavy (non-hydrogen) atoms. The summed E-state index contributed by atoms with van der Waals surface area (Å²) in [6, 6.07) is 17.2. The molecule has 0 aliphatic rings. The summed E-state index contributed by atoms with van der Waals surface area (Å²) in [5, 5.41) is 3.90. The number of rotatable bonds is 6. The van der Waals surface area contributed by atoms with Crippen molar-refractivity contribution in [1.82, 2.24) is 4.98 Å². The van der Waals surface area contributed by atoms with E-state index in [-0.39, 0.29) is 0 Å². The first-order chi connectivity index (χ1) is 11.6. The third-order valence-corrected chi connectivity index (χ3v) is 4.77. The number of allylic oxidation sites excluding steroid dienone is 2. The van der Waals surface area contributed by atoms with Crippen molar-refractivity contribution in [1.29, 1.82) is 0 Å². The largest absolute Gasteiger partial charge is 0.252 e. The lowest BCUT2D eigenvalue weighted by molar-refractivity contribution is 0.495. The average molecular weight is 317 g/mol. The predicted molar refractivity (Wildman–Crippen MR) is 105 cm³/mol. The van der Waals surface area contributed by atoms with E-state index >= 15 is 0 Å². The van der Waals surface area contributed by atoms with Crippen LogP contribution in [0.15, 0.2) is 60.2 Å². The zero-order valence-electron chi connectivity index (χ0n) is 15.0. The normalized spacial score (nSPS) is 12.5. The fourth-order valence-electron chi connectivity index (χ4n) is 3.35. The van der Waals surface area contributed by atoms with Gasteiger partial charge in [-0.2, -0.15) is 0 Å². The first-order valence-corrected chi connectivity index (χ1v) is 9.05. The Morgan fingerprint density at radius 2 is 1.58 bits per heavy atom. The topological polar surface area (TPSA) is 12.9 Å². The summed E-state index contributed by atoms with van der Waals surface area (Å²) >= 11 is 0. The van der Waals surface area contributed by atoms with Crippen LogP contribution < -0.4 is 0 Å². The van der Waals surface area contributed by atoms with Crippen molar-refractivity contribution in [3.8, 4) is 0 Å². The maximum atomic E-state index is 4.97. The molecule has 3 rings (SSSR count). The van der Waals surface area contributed by atoms with Gasteiger partial charge in [-0.15, -0.1) is 0 Å². The molecule has 0 saturated heterocycles. The lowest BCUT2D eigenvalue weighted by Crippen LogP contribution is -2.00. The van der Waals surface area contributed by atoms with Gasteiger partial charge in [0.05, 0.1) is 5.52 Å². The van der Waals surface area contributed by atoms with E-state index in [1.165, 1.54) is 46.7 Å². The van der Waals surface area contributed by atoms with Crippen LogP contribution in [0.1, 0.15) is 45.7 Å². The van der Waals surface area contributed by atoms with Crippen LogP contribution in [0.5, 0.6) is 0 Å². The Hall–Kier alpha value is -2.15. The summed E-state index contributed by atoms with van der Waals surface area (Å²) in [6.45, 7) is 6.72. The maximum absolute atomic E-state index is 4.97. The van der Waals surface area contributed by atoms with Crippen molar-refractivity contribution in [3.63, 3.8) is 0 Å². The smallest absolute Gasteiger partial charge is 0.0711 e. The number of aryl methyl sites for hydroxylation is 1. The Morgan fingerprint density at radius 3 is 2.33 bits per heavy atom. The minimum atomic E-state index is 0.729. The summed E-state index contributed by atoms with van der Waals surface area (Å²) in [4.78, 5) is 4.97. The van der Waals surface area contributed by atoms with Crippen LogP contribution in [0, 0.1) is 5.92 Å². The predicted octanol–water partition coefficient (Wildman–Crippen LogP) is 6.70. The molecule has 2 aromatic carbocycles. The summed E-state index contributed by atoms with van der Waals surface area (Å²) < 4.78 is 0. The second-order valence-electron chi connectivity index (χ2n) is 7.12. The van der Waals surface area contributed by atoms with Gasteiger partial charge in [-0.05, 0) is 56.9 Å². The first-order valence-electron chi connectivity index (χ1n) is 9.05. The molecular weight excluding hydrogens is 290 g/mol. The van der Waals surface area contributed by atoms with Gasteiger partial charge in [0, 0.05) is 16.5 Å². The van der Waals surface area contributed by atoms with Crippen LogP contribution in [0.25, 0.3) is 21.7 Å². The van der Waals surface area contributed by atoms with E-state index in [1.807, 2.05) is 0 Å². The summed E-state index contributed by atoms with van der Waals surface area (Å²) in [6.07, 6.45) is 7.06. The molecule has 0 spiro atoms. The molecule has 0 radical (unpaired) electrons. The van der Waals surface area contributed by atoms with Gasteiger partial charge < -0.3 is 0 Å². The highest BCUT2D eigenvalue weighted by Gasteiger charge is 2.09. The van der Waals surface area contributed by atoms with Gasteiger partial charge >= 0.3 is 0 Å². The monoisotopic (exact) mass is 317 g/mol. The van der Waals surface area contributed by atoms with Crippen molar-refractivity contribution in [2.75, 3.05) is 0 Å². The van der Waals surface area contributed by atoms with Crippen LogP contribution in [0.2, 0.25) is 0 Å². The molecule has 1 atom stereocenters. The van der Waals surface area contributed by atoms with Gasteiger partial charge in [0.2, 0.25) is 0 Å². The molecule has 1 nitrogen and oxygen atoms in total. The quantitative estimate of drug-likeness (QED) is 0.364. The van der Waals surface area contributed by atoms with E-state index in [0.717, 1.165) is 17.9 Å². The second-order valence-corrected chi connectivity index (χ2v) is 7.12.